The molecular weight excluding hydrogens is 378 g/mol. The highest BCUT2D eigenvalue weighted by Gasteiger charge is 2.20. The van der Waals surface area contributed by atoms with Crippen molar-refractivity contribution in [1.29, 1.82) is 5.26 Å². The average molecular weight is 405 g/mol. The first-order valence-corrected chi connectivity index (χ1v) is 10.1. The standard InChI is InChI=1S/C24H27N3O3/c1-29-21-8-9-23(30-2)22(15-21)26-24(28)20(16-25)17-27-12-10-19(11-13-27)14-18-6-4-3-5-7-18/h3-9,15,17,19H,10-14H2,1-2H3,(H,26,28)/b20-17-. The van der Waals surface area contributed by atoms with Crippen LogP contribution in [0.3, 0.4) is 0 Å². The molecule has 1 saturated heterocycles. The Morgan fingerprint density at radius 1 is 1.17 bits per heavy atom. The number of rotatable bonds is 7. The number of carbonyl (C=O) groups is 1. The molecule has 1 aliphatic rings. The molecule has 1 aliphatic heterocycles. The summed E-state index contributed by atoms with van der Waals surface area (Å²) in [6, 6.07) is 17.7. The van der Waals surface area contributed by atoms with E-state index in [1.807, 2.05) is 12.1 Å². The van der Waals surface area contributed by atoms with Crippen LogP contribution in [0.25, 0.3) is 0 Å². The minimum absolute atomic E-state index is 0.0707. The average Bonchev–Trinajstić information content (AvgIpc) is 2.79. The molecule has 1 heterocycles. The van der Waals surface area contributed by atoms with Crippen LogP contribution in [0.1, 0.15) is 18.4 Å². The summed E-state index contributed by atoms with van der Waals surface area (Å²) in [5.41, 5.74) is 1.89. The van der Waals surface area contributed by atoms with Gasteiger partial charge in [-0.3, -0.25) is 4.79 Å². The lowest BCUT2D eigenvalue weighted by Gasteiger charge is -2.31. The fourth-order valence-electron chi connectivity index (χ4n) is 3.66. The van der Waals surface area contributed by atoms with E-state index in [-0.39, 0.29) is 5.57 Å². The second-order valence-corrected chi connectivity index (χ2v) is 7.34. The molecule has 30 heavy (non-hydrogen) atoms. The second kappa shape index (κ2) is 10.4. The number of nitriles is 1. The third kappa shape index (κ3) is 5.54. The second-order valence-electron chi connectivity index (χ2n) is 7.34. The molecule has 6 heteroatoms. The van der Waals surface area contributed by atoms with Gasteiger partial charge < -0.3 is 19.7 Å². The Kier molecular flexibility index (Phi) is 7.34. The van der Waals surface area contributed by atoms with Crippen molar-refractivity contribution in [2.75, 3.05) is 32.6 Å². The molecule has 0 bridgehead atoms. The Bertz CT molecular complexity index is 926. The van der Waals surface area contributed by atoms with Gasteiger partial charge >= 0.3 is 0 Å². The van der Waals surface area contributed by atoms with Gasteiger partial charge in [-0.15, -0.1) is 0 Å². The first-order valence-electron chi connectivity index (χ1n) is 10.1. The summed E-state index contributed by atoms with van der Waals surface area (Å²) in [6.07, 6.45) is 4.81. The quantitative estimate of drug-likeness (QED) is 0.557. The third-order valence-electron chi connectivity index (χ3n) is 5.35. The van der Waals surface area contributed by atoms with E-state index in [1.165, 1.54) is 12.7 Å². The lowest BCUT2D eigenvalue weighted by atomic mass is 9.90. The molecule has 0 aliphatic carbocycles. The molecule has 2 aromatic rings. The van der Waals surface area contributed by atoms with Gasteiger partial charge in [-0.1, -0.05) is 30.3 Å². The van der Waals surface area contributed by atoms with E-state index in [2.05, 4.69) is 34.5 Å². The van der Waals surface area contributed by atoms with Crippen LogP contribution < -0.4 is 14.8 Å². The number of anilines is 1. The molecule has 3 rings (SSSR count). The van der Waals surface area contributed by atoms with E-state index in [1.54, 1.807) is 31.5 Å². The molecule has 156 valence electrons. The van der Waals surface area contributed by atoms with E-state index in [9.17, 15) is 10.1 Å². The number of hydrogen-bond acceptors (Lipinski definition) is 5. The highest BCUT2D eigenvalue weighted by molar-refractivity contribution is 6.07. The largest absolute Gasteiger partial charge is 0.497 e. The zero-order valence-electron chi connectivity index (χ0n) is 17.4. The molecule has 1 fully saturated rings. The van der Waals surface area contributed by atoms with Crippen molar-refractivity contribution in [2.45, 2.75) is 19.3 Å². The number of piperidine rings is 1. The summed E-state index contributed by atoms with van der Waals surface area (Å²) in [7, 11) is 3.08. The predicted molar refractivity (Wildman–Crippen MR) is 116 cm³/mol. The van der Waals surface area contributed by atoms with Crippen molar-refractivity contribution in [3.63, 3.8) is 0 Å². The van der Waals surface area contributed by atoms with Gasteiger partial charge in [0.25, 0.3) is 5.91 Å². The zero-order chi connectivity index (χ0) is 21.3. The van der Waals surface area contributed by atoms with Gasteiger partial charge in [-0.05, 0) is 42.9 Å². The van der Waals surface area contributed by atoms with E-state index in [4.69, 9.17) is 9.47 Å². The van der Waals surface area contributed by atoms with Crippen LogP contribution in [0.5, 0.6) is 11.5 Å². The summed E-state index contributed by atoms with van der Waals surface area (Å²) < 4.78 is 10.5. The van der Waals surface area contributed by atoms with Gasteiger partial charge in [0.15, 0.2) is 0 Å². The van der Waals surface area contributed by atoms with Crippen LogP contribution in [-0.4, -0.2) is 38.1 Å². The molecule has 1 amide bonds. The number of nitrogens with zero attached hydrogens (tertiary/aromatic N) is 2. The van der Waals surface area contributed by atoms with Crippen LogP contribution in [-0.2, 0) is 11.2 Å². The van der Waals surface area contributed by atoms with Crippen LogP contribution in [0.15, 0.2) is 60.3 Å². The Balaban J connectivity index is 1.61. The number of likely N-dealkylation sites (tertiary alicyclic amines) is 1. The van der Waals surface area contributed by atoms with E-state index >= 15 is 0 Å². The molecule has 0 saturated carbocycles. The molecule has 6 nitrogen and oxygen atoms in total. The van der Waals surface area contributed by atoms with Crippen LogP contribution in [0.2, 0.25) is 0 Å². The van der Waals surface area contributed by atoms with Gasteiger partial charge in [0.1, 0.15) is 23.1 Å². The maximum Gasteiger partial charge on any atom is 0.267 e. The van der Waals surface area contributed by atoms with E-state index < -0.39 is 5.91 Å². The predicted octanol–water partition coefficient (Wildman–Crippen LogP) is 4.00. The van der Waals surface area contributed by atoms with Gasteiger partial charge in [-0.2, -0.15) is 5.26 Å². The summed E-state index contributed by atoms with van der Waals surface area (Å²) in [4.78, 5) is 14.7. The molecule has 1 N–H and O–H groups in total. The number of hydrogen-bond donors (Lipinski definition) is 1. The fraction of sp³-hybridized carbons (Fsp3) is 0.333. The van der Waals surface area contributed by atoms with Crippen LogP contribution in [0, 0.1) is 17.2 Å². The Morgan fingerprint density at radius 2 is 1.90 bits per heavy atom. The molecule has 0 atom stereocenters. The van der Waals surface area contributed by atoms with Crippen molar-refractivity contribution >= 4 is 11.6 Å². The lowest BCUT2D eigenvalue weighted by Crippen LogP contribution is -2.31. The van der Waals surface area contributed by atoms with E-state index in [0.29, 0.717) is 23.1 Å². The maximum absolute atomic E-state index is 12.7. The molecular formula is C24H27N3O3. The normalized spacial score (nSPS) is 14.7. The molecule has 0 unspecified atom stereocenters. The number of methoxy groups -OCH3 is 2. The highest BCUT2D eigenvalue weighted by Crippen LogP contribution is 2.29. The van der Waals surface area contributed by atoms with Gasteiger partial charge in [0, 0.05) is 25.4 Å². The van der Waals surface area contributed by atoms with Crippen molar-refractivity contribution < 1.29 is 14.3 Å². The van der Waals surface area contributed by atoms with Crippen molar-refractivity contribution in [2.24, 2.45) is 5.92 Å². The molecule has 0 radical (unpaired) electrons. The Labute approximate surface area is 177 Å². The first-order chi connectivity index (χ1) is 14.6. The molecule has 2 aromatic carbocycles. The van der Waals surface area contributed by atoms with Crippen LogP contribution >= 0.6 is 0 Å². The summed E-state index contributed by atoms with van der Waals surface area (Å²) in [6.45, 7) is 1.66. The van der Waals surface area contributed by atoms with Crippen molar-refractivity contribution in [3.05, 3.63) is 65.9 Å². The molecule has 0 spiro atoms. The lowest BCUT2D eigenvalue weighted by molar-refractivity contribution is -0.112. The number of amides is 1. The molecule has 0 aromatic heterocycles. The first kappa shape index (κ1) is 21.3. The summed E-state index contributed by atoms with van der Waals surface area (Å²) in [5.74, 6) is 1.25. The van der Waals surface area contributed by atoms with Crippen molar-refractivity contribution in [1.82, 2.24) is 4.90 Å². The van der Waals surface area contributed by atoms with Gasteiger partial charge in [0.2, 0.25) is 0 Å². The zero-order valence-corrected chi connectivity index (χ0v) is 17.4. The Hall–Kier alpha value is -3.46. The van der Waals surface area contributed by atoms with Crippen LogP contribution in [0.4, 0.5) is 5.69 Å². The fourth-order valence-corrected chi connectivity index (χ4v) is 3.66. The smallest absolute Gasteiger partial charge is 0.267 e. The Morgan fingerprint density at radius 3 is 2.53 bits per heavy atom. The maximum atomic E-state index is 12.7. The van der Waals surface area contributed by atoms with Gasteiger partial charge in [0.05, 0.1) is 19.9 Å². The van der Waals surface area contributed by atoms with E-state index in [0.717, 1.165) is 32.4 Å². The van der Waals surface area contributed by atoms with Gasteiger partial charge in [-0.25, -0.2) is 0 Å². The monoisotopic (exact) mass is 405 g/mol. The highest BCUT2D eigenvalue weighted by atomic mass is 16.5. The summed E-state index contributed by atoms with van der Waals surface area (Å²) >= 11 is 0. The summed E-state index contributed by atoms with van der Waals surface area (Å²) in [5, 5.41) is 12.3. The topological polar surface area (TPSA) is 74.6 Å². The number of benzene rings is 2. The number of nitrogens with one attached hydrogen (secondary N) is 1. The number of carbonyl (C=O) groups excluding carboxylic acids is 1. The minimum Gasteiger partial charge on any atom is -0.497 e. The van der Waals surface area contributed by atoms with Crippen molar-refractivity contribution in [3.8, 4) is 17.6 Å². The SMILES string of the molecule is COc1ccc(OC)c(NC(=O)/C(C#N)=C\N2CCC(Cc3ccccc3)CC2)c1. The third-order valence-corrected chi connectivity index (χ3v) is 5.35. The minimum atomic E-state index is -0.463. The number of ether oxygens (including phenoxy) is 2.